The molecule has 0 aliphatic heterocycles. The van der Waals surface area contributed by atoms with E-state index in [4.69, 9.17) is 5.73 Å². The lowest BCUT2D eigenvalue weighted by Gasteiger charge is -2.12. The third-order valence-corrected chi connectivity index (χ3v) is 3.01. The van der Waals surface area contributed by atoms with Gasteiger partial charge < -0.3 is 11.1 Å². The summed E-state index contributed by atoms with van der Waals surface area (Å²) in [5.41, 5.74) is 7.69. The Hall–Kier alpha value is -1.82. The number of halogens is 1. The topological polar surface area (TPSA) is 83.8 Å². The number of aromatic amines is 1. The summed E-state index contributed by atoms with van der Waals surface area (Å²) in [6.45, 7) is 1.89. The molecular weight excluding hydrogens is 296 g/mol. The van der Waals surface area contributed by atoms with Gasteiger partial charge in [0.25, 0.3) is 5.91 Å². The second kappa shape index (κ2) is 5.22. The Morgan fingerprint density at radius 2 is 2.28 bits per heavy atom. The van der Waals surface area contributed by atoms with Crippen molar-refractivity contribution in [2.45, 2.75) is 13.0 Å². The molecule has 1 aromatic carbocycles. The van der Waals surface area contributed by atoms with E-state index in [1.807, 2.05) is 6.92 Å². The Bertz CT molecular complexity index is 533. The Labute approximate surface area is 113 Å². The van der Waals surface area contributed by atoms with E-state index in [0.717, 1.165) is 10.0 Å². The molecule has 94 valence electrons. The highest BCUT2D eigenvalue weighted by Gasteiger charge is 2.12. The molecule has 1 atom stereocenters. The molecule has 1 aromatic heterocycles. The van der Waals surface area contributed by atoms with Crippen molar-refractivity contribution in [1.82, 2.24) is 15.5 Å². The van der Waals surface area contributed by atoms with E-state index >= 15 is 0 Å². The van der Waals surface area contributed by atoms with Crippen molar-refractivity contribution < 1.29 is 4.79 Å². The lowest BCUT2D eigenvalue weighted by Crippen LogP contribution is -2.26. The quantitative estimate of drug-likeness (QED) is 0.760. The molecule has 2 rings (SSSR count). The van der Waals surface area contributed by atoms with Crippen molar-refractivity contribution in [2.24, 2.45) is 0 Å². The molecule has 0 aliphatic carbocycles. The van der Waals surface area contributed by atoms with E-state index in [1.165, 1.54) is 0 Å². The standard InChI is InChI=1S/C12H13BrN4O/c1-7(9-5-15-16-6-9)17-12(18)8-2-10(13)4-11(14)3-8/h2-7H,14H2,1H3,(H,15,16)(H,17,18). The SMILES string of the molecule is CC(NC(=O)c1cc(N)cc(Br)c1)c1cn[nH]c1. The number of carbonyl (C=O) groups excluding carboxylic acids is 1. The lowest BCUT2D eigenvalue weighted by molar-refractivity contribution is 0.0940. The number of nitrogens with zero attached hydrogens (tertiary/aromatic N) is 1. The van der Waals surface area contributed by atoms with Crippen LogP contribution in [-0.4, -0.2) is 16.1 Å². The third kappa shape index (κ3) is 2.89. The summed E-state index contributed by atoms with van der Waals surface area (Å²) in [5.74, 6) is -0.170. The molecule has 0 fully saturated rings. The maximum absolute atomic E-state index is 12.0. The number of rotatable bonds is 3. The van der Waals surface area contributed by atoms with Crippen LogP contribution in [0.2, 0.25) is 0 Å². The summed E-state index contributed by atoms with van der Waals surface area (Å²) >= 11 is 3.31. The van der Waals surface area contributed by atoms with E-state index < -0.39 is 0 Å². The third-order valence-electron chi connectivity index (χ3n) is 2.55. The zero-order chi connectivity index (χ0) is 13.1. The zero-order valence-electron chi connectivity index (χ0n) is 9.77. The monoisotopic (exact) mass is 308 g/mol. The summed E-state index contributed by atoms with van der Waals surface area (Å²) in [7, 11) is 0. The molecular formula is C12H13BrN4O. The number of nitrogens with two attached hydrogens (primary N) is 1. The molecule has 0 radical (unpaired) electrons. The molecule has 0 bridgehead atoms. The average molecular weight is 309 g/mol. The number of nitrogen functional groups attached to an aromatic ring is 1. The van der Waals surface area contributed by atoms with Crippen molar-refractivity contribution >= 4 is 27.5 Å². The van der Waals surface area contributed by atoms with Crippen molar-refractivity contribution in [3.8, 4) is 0 Å². The smallest absolute Gasteiger partial charge is 0.251 e. The summed E-state index contributed by atoms with van der Waals surface area (Å²) in [5, 5.41) is 9.44. The van der Waals surface area contributed by atoms with E-state index in [0.29, 0.717) is 11.3 Å². The Balaban J connectivity index is 2.12. The number of amides is 1. The number of nitrogens with one attached hydrogen (secondary N) is 2. The minimum atomic E-state index is -0.170. The van der Waals surface area contributed by atoms with Crippen LogP contribution in [0.1, 0.15) is 28.9 Å². The molecule has 18 heavy (non-hydrogen) atoms. The first-order chi connectivity index (χ1) is 8.56. The second-order valence-corrected chi connectivity index (χ2v) is 4.92. The van der Waals surface area contributed by atoms with Crippen LogP contribution in [0.25, 0.3) is 0 Å². The van der Waals surface area contributed by atoms with Crippen LogP contribution in [-0.2, 0) is 0 Å². The van der Waals surface area contributed by atoms with Gasteiger partial charge in [0.2, 0.25) is 0 Å². The molecule has 0 aliphatic rings. The number of aromatic nitrogens is 2. The first-order valence-electron chi connectivity index (χ1n) is 5.42. The van der Waals surface area contributed by atoms with Crippen molar-refractivity contribution in [2.75, 3.05) is 5.73 Å². The van der Waals surface area contributed by atoms with Gasteiger partial charge in [0.05, 0.1) is 12.2 Å². The largest absolute Gasteiger partial charge is 0.399 e. The van der Waals surface area contributed by atoms with Crippen molar-refractivity contribution in [3.05, 3.63) is 46.2 Å². The highest BCUT2D eigenvalue weighted by Crippen LogP contribution is 2.18. The number of H-pyrrole nitrogens is 1. The van der Waals surface area contributed by atoms with Gasteiger partial charge in [-0.3, -0.25) is 9.89 Å². The molecule has 1 unspecified atom stereocenters. The first kappa shape index (κ1) is 12.6. The van der Waals surface area contributed by atoms with E-state index in [2.05, 4.69) is 31.4 Å². The maximum atomic E-state index is 12.0. The Morgan fingerprint density at radius 3 is 2.89 bits per heavy atom. The second-order valence-electron chi connectivity index (χ2n) is 4.00. The van der Waals surface area contributed by atoms with Gasteiger partial charge in [-0.05, 0) is 25.1 Å². The summed E-state index contributed by atoms with van der Waals surface area (Å²) in [6.07, 6.45) is 3.43. The molecule has 0 saturated heterocycles. The number of hydrogen-bond donors (Lipinski definition) is 3. The summed E-state index contributed by atoms with van der Waals surface area (Å²) in [6, 6.07) is 5.00. The van der Waals surface area contributed by atoms with Gasteiger partial charge in [0.1, 0.15) is 0 Å². The molecule has 0 spiro atoms. The molecule has 1 heterocycles. The Kier molecular flexibility index (Phi) is 3.66. The maximum Gasteiger partial charge on any atom is 0.251 e. The van der Waals surface area contributed by atoms with Gasteiger partial charge in [-0.2, -0.15) is 5.10 Å². The lowest BCUT2D eigenvalue weighted by atomic mass is 10.1. The fraction of sp³-hybridized carbons (Fsp3) is 0.167. The Morgan fingerprint density at radius 1 is 1.50 bits per heavy atom. The molecule has 5 nitrogen and oxygen atoms in total. The van der Waals surface area contributed by atoms with Gasteiger partial charge in [0.15, 0.2) is 0 Å². The number of anilines is 1. The van der Waals surface area contributed by atoms with Gasteiger partial charge in [-0.15, -0.1) is 0 Å². The van der Waals surface area contributed by atoms with Crippen LogP contribution in [0.15, 0.2) is 35.1 Å². The van der Waals surface area contributed by atoms with Crippen LogP contribution in [0.5, 0.6) is 0 Å². The summed E-state index contributed by atoms with van der Waals surface area (Å²) in [4.78, 5) is 12.0. The van der Waals surface area contributed by atoms with Crippen molar-refractivity contribution in [1.29, 1.82) is 0 Å². The minimum absolute atomic E-state index is 0.114. The average Bonchev–Trinajstić information content (AvgIpc) is 2.80. The van der Waals surface area contributed by atoms with Gasteiger partial charge >= 0.3 is 0 Å². The number of benzene rings is 1. The normalized spacial score (nSPS) is 12.1. The van der Waals surface area contributed by atoms with E-state index in [1.54, 1.807) is 30.6 Å². The number of carbonyl (C=O) groups is 1. The molecule has 2 aromatic rings. The minimum Gasteiger partial charge on any atom is -0.399 e. The van der Waals surface area contributed by atoms with Gasteiger partial charge in [-0.25, -0.2) is 0 Å². The zero-order valence-corrected chi connectivity index (χ0v) is 11.4. The summed E-state index contributed by atoms with van der Waals surface area (Å²) < 4.78 is 0.781. The van der Waals surface area contributed by atoms with Crippen LogP contribution in [0.4, 0.5) is 5.69 Å². The fourth-order valence-corrected chi connectivity index (χ4v) is 2.12. The molecule has 4 N–H and O–H groups in total. The van der Waals surface area contributed by atoms with E-state index in [9.17, 15) is 4.79 Å². The van der Waals surface area contributed by atoms with Gasteiger partial charge in [0, 0.05) is 27.5 Å². The van der Waals surface area contributed by atoms with Crippen LogP contribution in [0, 0.1) is 0 Å². The molecule has 6 heteroatoms. The predicted octanol–water partition coefficient (Wildman–Crippen LogP) is 2.25. The number of hydrogen-bond acceptors (Lipinski definition) is 3. The van der Waals surface area contributed by atoms with Crippen LogP contribution in [0.3, 0.4) is 0 Å². The highest BCUT2D eigenvalue weighted by atomic mass is 79.9. The van der Waals surface area contributed by atoms with Crippen molar-refractivity contribution in [3.63, 3.8) is 0 Å². The van der Waals surface area contributed by atoms with Gasteiger partial charge in [-0.1, -0.05) is 15.9 Å². The molecule has 1 amide bonds. The first-order valence-corrected chi connectivity index (χ1v) is 6.21. The fourth-order valence-electron chi connectivity index (χ4n) is 1.60. The van der Waals surface area contributed by atoms with Crippen LogP contribution < -0.4 is 11.1 Å². The highest BCUT2D eigenvalue weighted by molar-refractivity contribution is 9.10. The van der Waals surface area contributed by atoms with Crippen LogP contribution >= 0.6 is 15.9 Å². The van der Waals surface area contributed by atoms with E-state index in [-0.39, 0.29) is 11.9 Å². The predicted molar refractivity (Wildman–Crippen MR) is 73.0 cm³/mol. The molecule has 0 saturated carbocycles.